The van der Waals surface area contributed by atoms with E-state index < -0.39 is 0 Å². The molecule has 2 fully saturated rings. The quantitative estimate of drug-likeness (QED) is 0.608. The molecule has 0 radical (unpaired) electrons. The Labute approximate surface area is 70.4 Å². The Hall–Kier alpha value is -0.0800. The van der Waals surface area contributed by atoms with Gasteiger partial charge >= 0.3 is 0 Å². The van der Waals surface area contributed by atoms with Gasteiger partial charge in [0.1, 0.15) is 0 Å². The molecule has 2 saturated heterocycles. The lowest BCUT2D eigenvalue weighted by atomic mass is 9.93. The molecule has 66 valence electrons. The average molecular weight is 156 g/mol. The second kappa shape index (κ2) is 3.11. The van der Waals surface area contributed by atoms with E-state index in [0.29, 0.717) is 0 Å². The summed E-state index contributed by atoms with van der Waals surface area (Å²) in [6, 6.07) is 0.823. The summed E-state index contributed by atoms with van der Waals surface area (Å²) >= 11 is 0. The van der Waals surface area contributed by atoms with E-state index in [-0.39, 0.29) is 1.43 Å². The summed E-state index contributed by atoms with van der Waals surface area (Å²) in [5.74, 6) is 0.998. The largest absolute Gasteiger partial charge is 0.312 e. The summed E-state index contributed by atoms with van der Waals surface area (Å²) in [6.45, 7) is 7.37. The second-order valence-corrected chi connectivity index (χ2v) is 3.79. The Balaban J connectivity index is 0.000000720. The zero-order valence-electron chi connectivity index (χ0n) is 7.34. The Kier molecular flexibility index (Phi) is 2.14. The molecule has 2 aliphatic rings. The van der Waals surface area contributed by atoms with Crippen LogP contribution in [-0.4, -0.2) is 37.1 Å². The molecule has 0 amide bonds. The zero-order chi connectivity index (χ0) is 7.68. The van der Waals surface area contributed by atoms with E-state index in [1.54, 1.807) is 0 Å². The normalized spacial score (nSPS) is 39.0. The number of fused-ring (bicyclic) bond motifs is 1. The predicted octanol–water partition coefficient (Wildman–Crippen LogP) is 0.936. The van der Waals surface area contributed by atoms with Crippen LogP contribution in [0.3, 0.4) is 0 Å². The van der Waals surface area contributed by atoms with Crippen LogP contribution in [0.1, 0.15) is 21.2 Å². The first kappa shape index (κ1) is 7.56. The van der Waals surface area contributed by atoms with Crippen LogP contribution in [0.4, 0.5) is 0 Å². The highest BCUT2D eigenvalue weighted by molar-refractivity contribution is 4.89. The number of likely N-dealkylation sites (tertiary alicyclic amines) is 1. The topological polar surface area (TPSA) is 15.3 Å². The van der Waals surface area contributed by atoms with E-state index >= 15 is 0 Å². The van der Waals surface area contributed by atoms with Gasteiger partial charge in [-0.1, -0.05) is 6.92 Å². The van der Waals surface area contributed by atoms with Crippen LogP contribution >= 0.6 is 0 Å². The minimum Gasteiger partial charge on any atom is -0.312 e. The first-order valence-electron chi connectivity index (χ1n) is 4.86. The van der Waals surface area contributed by atoms with E-state index in [1.165, 1.54) is 39.0 Å². The smallest absolute Gasteiger partial charge is 0.0224 e. The van der Waals surface area contributed by atoms with Crippen molar-refractivity contribution in [3.8, 4) is 0 Å². The highest BCUT2D eigenvalue weighted by Gasteiger charge is 2.31. The number of nitrogens with one attached hydrogen (secondary N) is 1. The Morgan fingerprint density at radius 3 is 3.27 bits per heavy atom. The molecule has 1 N–H and O–H groups in total. The van der Waals surface area contributed by atoms with Crippen molar-refractivity contribution in [2.24, 2.45) is 5.92 Å². The number of nitrogens with zero attached hydrogens (tertiary/aromatic N) is 1. The maximum Gasteiger partial charge on any atom is 0.0224 e. The van der Waals surface area contributed by atoms with Crippen molar-refractivity contribution >= 4 is 0 Å². The van der Waals surface area contributed by atoms with E-state index in [9.17, 15) is 0 Å². The molecule has 0 spiro atoms. The van der Waals surface area contributed by atoms with Crippen molar-refractivity contribution in [2.75, 3.05) is 26.2 Å². The lowest BCUT2D eigenvalue weighted by Crippen LogP contribution is -2.46. The van der Waals surface area contributed by atoms with Crippen molar-refractivity contribution in [1.29, 1.82) is 0 Å². The maximum absolute atomic E-state index is 3.58. The standard InChI is InChI=1S/C9H18N2.H2/c1-2-11-6-4-8-3-5-10-9(8)7-11;/h8-10H,2-7H2,1H3;1H. The molecule has 2 nitrogen and oxygen atoms in total. The Bertz CT molecular complexity index is 140. The molecule has 11 heavy (non-hydrogen) atoms. The molecular formula is C9H20N2. The van der Waals surface area contributed by atoms with E-state index in [2.05, 4.69) is 17.1 Å². The van der Waals surface area contributed by atoms with Gasteiger partial charge in [-0.05, 0) is 38.4 Å². The number of rotatable bonds is 1. The molecule has 2 atom stereocenters. The fraction of sp³-hybridized carbons (Fsp3) is 1.00. The average Bonchev–Trinajstić information content (AvgIpc) is 2.50. The molecule has 0 aromatic rings. The number of hydrogen-bond donors (Lipinski definition) is 1. The van der Waals surface area contributed by atoms with Crippen molar-refractivity contribution in [3.05, 3.63) is 0 Å². The fourth-order valence-electron chi connectivity index (χ4n) is 2.39. The molecule has 0 aromatic heterocycles. The summed E-state index contributed by atoms with van der Waals surface area (Å²) in [6.07, 6.45) is 2.84. The molecule has 2 heterocycles. The zero-order valence-corrected chi connectivity index (χ0v) is 7.34. The van der Waals surface area contributed by atoms with Crippen molar-refractivity contribution in [1.82, 2.24) is 10.2 Å². The van der Waals surface area contributed by atoms with Crippen LogP contribution in [0.2, 0.25) is 0 Å². The summed E-state index contributed by atoms with van der Waals surface area (Å²) in [5, 5.41) is 3.58. The third-order valence-corrected chi connectivity index (χ3v) is 3.21. The van der Waals surface area contributed by atoms with Gasteiger partial charge in [0.05, 0.1) is 0 Å². The minimum atomic E-state index is 0. The SMILES string of the molecule is CCN1CCC2CCNC2C1.[HH]. The van der Waals surface area contributed by atoms with Gasteiger partial charge in [0, 0.05) is 14.0 Å². The van der Waals surface area contributed by atoms with E-state index in [0.717, 1.165) is 12.0 Å². The van der Waals surface area contributed by atoms with Crippen LogP contribution in [0.25, 0.3) is 0 Å². The minimum absolute atomic E-state index is 0. The van der Waals surface area contributed by atoms with E-state index in [4.69, 9.17) is 0 Å². The number of hydrogen-bond acceptors (Lipinski definition) is 2. The van der Waals surface area contributed by atoms with Gasteiger partial charge < -0.3 is 10.2 Å². The fourth-order valence-corrected chi connectivity index (χ4v) is 2.39. The van der Waals surface area contributed by atoms with Crippen LogP contribution < -0.4 is 5.32 Å². The van der Waals surface area contributed by atoms with E-state index in [1.807, 2.05) is 0 Å². The monoisotopic (exact) mass is 156 g/mol. The highest BCUT2D eigenvalue weighted by Crippen LogP contribution is 2.24. The molecule has 2 aliphatic heterocycles. The summed E-state index contributed by atoms with van der Waals surface area (Å²) in [5.41, 5.74) is 0. The van der Waals surface area contributed by atoms with Crippen molar-refractivity contribution < 1.29 is 1.43 Å². The predicted molar refractivity (Wildman–Crippen MR) is 48.7 cm³/mol. The van der Waals surface area contributed by atoms with Crippen LogP contribution in [-0.2, 0) is 0 Å². The Morgan fingerprint density at radius 1 is 1.55 bits per heavy atom. The number of piperidine rings is 1. The molecule has 0 saturated carbocycles. The molecule has 2 unspecified atom stereocenters. The summed E-state index contributed by atoms with van der Waals surface area (Å²) in [4.78, 5) is 2.56. The first-order valence-corrected chi connectivity index (χ1v) is 4.86. The molecule has 2 heteroatoms. The van der Waals surface area contributed by atoms with Gasteiger partial charge in [0.15, 0.2) is 0 Å². The third kappa shape index (κ3) is 1.42. The van der Waals surface area contributed by atoms with Gasteiger partial charge in [-0.25, -0.2) is 0 Å². The van der Waals surface area contributed by atoms with Gasteiger partial charge in [-0.15, -0.1) is 0 Å². The lowest BCUT2D eigenvalue weighted by Gasteiger charge is -2.33. The third-order valence-electron chi connectivity index (χ3n) is 3.21. The molecule has 0 aromatic carbocycles. The van der Waals surface area contributed by atoms with Gasteiger partial charge in [0.25, 0.3) is 0 Å². The lowest BCUT2D eigenvalue weighted by molar-refractivity contribution is 0.174. The first-order chi connectivity index (χ1) is 5.40. The number of likely N-dealkylation sites (N-methyl/N-ethyl adjacent to an activating group) is 1. The van der Waals surface area contributed by atoms with Gasteiger partial charge in [-0.3, -0.25) is 0 Å². The molecule has 2 rings (SSSR count). The highest BCUT2D eigenvalue weighted by atomic mass is 15.2. The van der Waals surface area contributed by atoms with Gasteiger partial charge in [-0.2, -0.15) is 0 Å². The van der Waals surface area contributed by atoms with Crippen molar-refractivity contribution in [2.45, 2.75) is 25.8 Å². The molecule has 0 bridgehead atoms. The van der Waals surface area contributed by atoms with Crippen molar-refractivity contribution in [3.63, 3.8) is 0 Å². The van der Waals surface area contributed by atoms with Crippen LogP contribution in [0, 0.1) is 5.92 Å². The molecular weight excluding hydrogens is 136 g/mol. The summed E-state index contributed by atoms with van der Waals surface area (Å²) < 4.78 is 0. The van der Waals surface area contributed by atoms with Crippen LogP contribution in [0.15, 0.2) is 0 Å². The Morgan fingerprint density at radius 2 is 2.45 bits per heavy atom. The van der Waals surface area contributed by atoms with Crippen LogP contribution in [0.5, 0.6) is 0 Å². The second-order valence-electron chi connectivity index (χ2n) is 3.79. The summed E-state index contributed by atoms with van der Waals surface area (Å²) in [7, 11) is 0. The maximum atomic E-state index is 3.58. The molecule has 0 aliphatic carbocycles. The van der Waals surface area contributed by atoms with Gasteiger partial charge in [0.2, 0.25) is 0 Å².